The van der Waals surface area contributed by atoms with Crippen LogP contribution in [0.4, 0.5) is 0 Å². The van der Waals surface area contributed by atoms with Crippen LogP contribution in [0, 0.1) is 36.5 Å². The maximum atomic E-state index is 2.72. The quantitative estimate of drug-likeness (QED) is 0.315. The molecular formula is C30H46Cl2Si2Zr. The second kappa shape index (κ2) is 14.3. The van der Waals surface area contributed by atoms with Gasteiger partial charge in [-0.1, -0.05) is 124 Å². The monoisotopic (exact) mass is 622 g/mol. The van der Waals surface area contributed by atoms with Crippen LogP contribution >= 0.6 is 0 Å². The predicted octanol–water partition coefficient (Wildman–Crippen LogP) is 3.18. The first-order valence-electron chi connectivity index (χ1n) is 14.1. The fraction of sp³-hybridized carbons (Fsp3) is 0.667. The van der Waals surface area contributed by atoms with Crippen LogP contribution in [0.25, 0.3) is 0 Å². The van der Waals surface area contributed by atoms with Crippen LogP contribution in [0.5, 0.6) is 0 Å². The average Bonchev–Trinajstić information content (AvgIpc) is 3.39. The Bertz CT molecular complexity index is 704. The number of fused-ring (bicyclic) bond motifs is 2. The normalized spacial score (nSPS) is 36.1. The van der Waals surface area contributed by atoms with Gasteiger partial charge in [-0.05, 0) is 23.7 Å². The summed E-state index contributed by atoms with van der Waals surface area (Å²) in [5, 5.41) is 0. The SMILES string of the molecule is CCC[Si]1(C2[CH-]CC3C=CC=CC32)CCC1.CCC[Si]1(C2[CH-]CC3C=CC=CC32)CCC1.[Cl-].[Cl-].[Zr+4]. The molecule has 2 aliphatic heterocycles. The van der Waals surface area contributed by atoms with E-state index in [1.807, 2.05) is 0 Å². The molecule has 35 heavy (non-hydrogen) atoms. The van der Waals surface area contributed by atoms with Gasteiger partial charge in [0.1, 0.15) is 0 Å². The third-order valence-electron chi connectivity index (χ3n) is 10.4. The molecule has 2 saturated heterocycles. The van der Waals surface area contributed by atoms with E-state index in [4.69, 9.17) is 0 Å². The van der Waals surface area contributed by atoms with Crippen molar-refractivity contribution in [3.8, 4) is 0 Å². The third-order valence-corrected chi connectivity index (χ3v) is 22.8. The number of hydrogen-bond acceptors (Lipinski definition) is 0. The van der Waals surface area contributed by atoms with E-state index in [9.17, 15) is 0 Å². The Hall–Kier alpha value is 0.857. The van der Waals surface area contributed by atoms with Gasteiger partial charge in [0.25, 0.3) is 0 Å². The number of allylic oxidation sites excluding steroid dienone is 8. The molecule has 0 N–H and O–H groups in total. The molecule has 2 heterocycles. The summed E-state index contributed by atoms with van der Waals surface area (Å²) in [4.78, 5) is 0. The van der Waals surface area contributed by atoms with Gasteiger partial charge in [0.15, 0.2) is 0 Å². The molecule has 0 nitrogen and oxygen atoms in total. The average molecular weight is 625 g/mol. The molecule has 5 heteroatoms. The Morgan fingerprint density at radius 2 is 1.00 bits per heavy atom. The van der Waals surface area contributed by atoms with Gasteiger partial charge in [0, 0.05) is 16.1 Å². The maximum absolute atomic E-state index is 2.72. The summed E-state index contributed by atoms with van der Waals surface area (Å²) < 4.78 is 0. The second-order valence-electron chi connectivity index (χ2n) is 11.9. The molecule has 0 aromatic heterocycles. The van der Waals surface area contributed by atoms with E-state index in [2.05, 4.69) is 75.3 Å². The molecule has 0 radical (unpaired) electrons. The van der Waals surface area contributed by atoms with Gasteiger partial charge in [0.2, 0.25) is 0 Å². The van der Waals surface area contributed by atoms with Crippen molar-refractivity contribution >= 4 is 16.1 Å². The van der Waals surface area contributed by atoms with E-state index in [0.717, 1.165) is 34.8 Å². The van der Waals surface area contributed by atoms with Crippen LogP contribution in [0.15, 0.2) is 48.6 Å². The van der Waals surface area contributed by atoms with Crippen molar-refractivity contribution in [2.75, 3.05) is 0 Å². The molecule has 6 unspecified atom stereocenters. The van der Waals surface area contributed by atoms with Crippen molar-refractivity contribution in [1.82, 2.24) is 0 Å². The summed E-state index contributed by atoms with van der Waals surface area (Å²) in [6, 6.07) is 9.70. The van der Waals surface area contributed by atoms with E-state index in [1.165, 1.54) is 38.5 Å². The van der Waals surface area contributed by atoms with Gasteiger partial charge in [-0.25, -0.2) is 0 Å². The smallest absolute Gasteiger partial charge is 1.00 e. The Morgan fingerprint density at radius 1 is 0.629 bits per heavy atom. The largest absolute Gasteiger partial charge is 4.00 e. The van der Waals surface area contributed by atoms with Gasteiger partial charge >= 0.3 is 26.2 Å². The van der Waals surface area contributed by atoms with Crippen molar-refractivity contribution in [2.45, 2.75) is 99.7 Å². The summed E-state index contributed by atoms with van der Waals surface area (Å²) in [5.74, 6) is 3.50. The van der Waals surface area contributed by atoms with Crippen molar-refractivity contribution in [3.05, 3.63) is 61.4 Å². The maximum Gasteiger partial charge on any atom is 4.00 e. The van der Waals surface area contributed by atoms with Crippen LogP contribution in [0.2, 0.25) is 47.3 Å². The minimum Gasteiger partial charge on any atom is -1.00 e. The zero-order valence-corrected chi connectivity index (χ0v) is 27.9. The second-order valence-corrected chi connectivity index (χ2v) is 21.7. The standard InChI is InChI=1S/2C15H23Si.2ClH.Zr/c2*1-2-10-16(11-5-12-16)15-9-8-13-6-3-4-7-14(13)15;;;/h2*3-4,6-7,9,13-15H,2,5,8,10-12H2,1H3;2*1H;/q2*-1;;;+4/p-2. The summed E-state index contributed by atoms with van der Waals surface area (Å²) in [7, 11) is -1.72. The first-order chi connectivity index (χ1) is 15.7. The molecular weight excluding hydrogens is 579 g/mol. The minimum absolute atomic E-state index is 0. The number of rotatable bonds is 6. The molecule has 192 valence electrons. The zero-order chi connectivity index (χ0) is 22.0. The molecule has 0 aromatic carbocycles. The number of hydrogen-bond donors (Lipinski definition) is 0. The summed E-state index contributed by atoms with van der Waals surface area (Å²) in [5.41, 5.74) is 2.04. The molecule has 0 amide bonds. The Balaban J connectivity index is 0.000000227. The van der Waals surface area contributed by atoms with E-state index in [1.54, 1.807) is 36.3 Å². The fourth-order valence-electron chi connectivity index (χ4n) is 8.58. The minimum atomic E-state index is -0.859. The third kappa shape index (κ3) is 6.37. The van der Waals surface area contributed by atoms with Crippen LogP contribution < -0.4 is 24.8 Å². The van der Waals surface area contributed by atoms with Crippen LogP contribution in [0.3, 0.4) is 0 Å². The van der Waals surface area contributed by atoms with Crippen molar-refractivity contribution in [2.24, 2.45) is 23.7 Å². The zero-order valence-electron chi connectivity index (χ0n) is 22.0. The van der Waals surface area contributed by atoms with Gasteiger partial charge in [0.05, 0.1) is 0 Å². The van der Waals surface area contributed by atoms with Gasteiger partial charge < -0.3 is 37.7 Å². The summed E-state index contributed by atoms with van der Waals surface area (Å²) in [6.07, 6.45) is 33.1. The molecule has 4 aliphatic carbocycles. The molecule has 6 aliphatic rings. The van der Waals surface area contributed by atoms with Gasteiger partial charge in [-0.3, -0.25) is 0 Å². The van der Waals surface area contributed by atoms with Crippen molar-refractivity contribution in [1.29, 1.82) is 0 Å². The van der Waals surface area contributed by atoms with Crippen molar-refractivity contribution in [3.63, 3.8) is 0 Å². The van der Waals surface area contributed by atoms with Crippen LogP contribution in [-0.4, -0.2) is 16.1 Å². The molecule has 2 saturated carbocycles. The number of halogens is 2. The summed E-state index contributed by atoms with van der Waals surface area (Å²) in [6.45, 7) is 4.77. The molecule has 0 aromatic rings. The van der Waals surface area contributed by atoms with Crippen molar-refractivity contribution < 1.29 is 51.0 Å². The Morgan fingerprint density at radius 3 is 1.31 bits per heavy atom. The van der Waals surface area contributed by atoms with E-state index < -0.39 is 16.1 Å². The molecule has 0 bridgehead atoms. The molecule has 6 atom stereocenters. The Labute approximate surface area is 250 Å². The van der Waals surface area contributed by atoms with E-state index in [0.29, 0.717) is 0 Å². The molecule has 0 spiro atoms. The van der Waals surface area contributed by atoms with Gasteiger partial charge in [-0.15, -0.1) is 0 Å². The van der Waals surface area contributed by atoms with E-state index >= 15 is 0 Å². The predicted molar refractivity (Wildman–Crippen MR) is 146 cm³/mol. The van der Waals surface area contributed by atoms with Crippen LogP contribution in [-0.2, 0) is 26.2 Å². The fourth-order valence-corrected chi connectivity index (χ4v) is 19.7. The van der Waals surface area contributed by atoms with Gasteiger partial charge in [-0.2, -0.15) is 23.9 Å². The van der Waals surface area contributed by atoms with Crippen LogP contribution in [0.1, 0.15) is 52.4 Å². The summed E-state index contributed by atoms with van der Waals surface area (Å²) >= 11 is 0. The topological polar surface area (TPSA) is 0 Å². The first kappa shape index (κ1) is 32.1. The first-order valence-corrected chi connectivity index (χ1v) is 19.5. The molecule has 4 fully saturated rings. The van der Waals surface area contributed by atoms with E-state index in [-0.39, 0.29) is 51.0 Å². The Kier molecular flexibility index (Phi) is 13.1. The molecule has 6 rings (SSSR count).